The summed E-state index contributed by atoms with van der Waals surface area (Å²) in [5.41, 5.74) is 0. The van der Waals surface area contributed by atoms with Gasteiger partial charge >= 0.3 is 0 Å². The number of hydrogen-bond donors (Lipinski definition) is 0. The maximum atomic E-state index is 13.0. The smallest absolute Gasteiger partial charge is 0.228 e. The Morgan fingerprint density at radius 1 is 1.30 bits per heavy atom. The van der Waals surface area contributed by atoms with Crippen molar-refractivity contribution in [3.05, 3.63) is 29.0 Å². The lowest BCUT2D eigenvalue weighted by molar-refractivity contribution is 0.310. The van der Waals surface area contributed by atoms with Crippen molar-refractivity contribution >= 4 is 31.5 Å². The molecule has 1 aromatic rings. The van der Waals surface area contributed by atoms with Gasteiger partial charge in [0.1, 0.15) is 5.82 Å². The fourth-order valence-electron chi connectivity index (χ4n) is 1.85. The highest BCUT2D eigenvalue weighted by Gasteiger charge is 2.42. The third kappa shape index (κ3) is 2.69. The lowest BCUT2D eigenvalue weighted by Crippen LogP contribution is -2.57. The topological polar surface area (TPSA) is 71.5 Å². The van der Waals surface area contributed by atoms with Crippen LogP contribution in [0.2, 0.25) is 5.02 Å². The third-order valence-electron chi connectivity index (χ3n) is 3.25. The van der Waals surface area contributed by atoms with E-state index in [0.717, 1.165) is 22.5 Å². The molecule has 1 aromatic carbocycles. The lowest BCUT2D eigenvalue weighted by Gasteiger charge is -2.37. The van der Waals surface area contributed by atoms with Gasteiger partial charge in [0, 0.05) is 18.8 Å². The third-order valence-corrected chi connectivity index (χ3v) is 7.49. The van der Waals surface area contributed by atoms with E-state index < -0.39 is 30.9 Å². The van der Waals surface area contributed by atoms with Crippen LogP contribution in [0.25, 0.3) is 0 Å². The minimum Gasteiger partial charge on any atom is -0.228 e. The predicted molar refractivity (Wildman–Crippen MR) is 73.4 cm³/mol. The molecule has 0 bridgehead atoms. The number of hydrogen-bond acceptors (Lipinski definition) is 4. The Bertz CT molecular complexity index is 727. The maximum Gasteiger partial charge on any atom is 0.243 e. The van der Waals surface area contributed by atoms with Crippen LogP contribution in [0.1, 0.15) is 6.92 Å². The summed E-state index contributed by atoms with van der Waals surface area (Å²) in [5.74, 6) is -0.728. The Balaban J connectivity index is 2.20. The maximum absolute atomic E-state index is 13.0. The van der Waals surface area contributed by atoms with Gasteiger partial charge in [-0.1, -0.05) is 18.5 Å². The van der Waals surface area contributed by atoms with Crippen LogP contribution in [-0.2, 0) is 19.9 Å². The summed E-state index contributed by atoms with van der Waals surface area (Å²) in [6.45, 7) is 1.37. The SMILES string of the molecule is CCS(=O)(=O)C1CN(S(=O)(=O)c2ccc(F)c(Cl)c2)C1. The molecule has 0 N–H and O–H groups in total. The number of sulfone groups is 1. The van der Waals surface area contributed by atoms with Gasteiger partial charge < -0.3 is 0 Å². The van der Waals surface area contributed by atoms with Crippen molar-refractivity contribution in [2.24, 2.45) is 0 Å². The van der Waals surface area contributed by atoms with E-state index >= 15 is 0 Å². The highest BCUT2D eigenvalue weighted by atomic mass is 35.5. The first-order valence-electron chi connectivity index (χ1n) is 5.85. The van der Waals surface area contributed by atoms with E-state index in [1.165, 1.54) is 6.92 Å². The van der Waals surface area contributed by atoms with Gasteiger partial charge in [0.15, 0.2) is 9.84 Å². The fourth-order valence-corrected chi connectivity index (χ4v) is 5.12. The molecule has 0 radical (unpaired) electrons. The van der Waals surface area contributed by atoms with Gasteiger partial charge in [0.2, 0.25) is 10.0 Å². The van der Waals surface area contributed by atoms with Crippen LogP contribution in [0.5, 0.6) is 0 Å². The average molecular weight is 342 g/mol. The van der Waals surface area contributed by atoms with Gasteiger partial charge in [-0.15, -0.1) is 0 Å². The molecular formula is C11H13ClFNO4S2. The van der Waals surface area contributed by atoms with E-state index in [1.807, 2.05) is 0 Å². The quantitative estimate of drug-likeness (QED) is 0.827. The van der Waals surface area contributed by atoms with Gasteiger partial charge in [0.25, 0.3) is 0 Å². The van der Waals surface area contributed by atoms with Crippen LogP contribution in [0.3, 0.4) is 0 Å². The van der Waals surface area contributed by atoms with Crippen molar-refractivity contribution in [3.63, 3.8) is 0 Å². The molecule has 1 heterocycles. The van der Waals surface area contributed by atoms with Crippen molar-refractivity contribution < 1.29 is 21.2 Å². The molecular weight excluding hydrogens is 329 g/mol. The molecule has 1 aliphatic rings. The largest absolute Gasteiger partial charge is 0.243 e. The van der Waals surface area contributed by atoms with Crippen molar-refractivity contribution in [2.75, 3.05) is 18.8 Å². The van der Waals surface area contributed by atoms with Crippen LogP contribution in [0, 0.1) is 5.82 Å². The first-order valence-corrected chi connectivity index (χ1v) is 9.38. The van der Waals surface area contributed by atoms with E-state index in [2.05, 4.69) is 0 Å². The lowest BCUT2D eigenvalue weighted by atomic mass is 10.3. The van der Waals surface area contributed by atoms with Crippen LogP contribution in [-0.4, -0.2) is 45.2 Å². The van der Waals surface area contributed by atoms with Gasteiger partial charge in [-0.05, 0) is 18.2 Å². The van der Waals surface area contributed by atoms with Gasteiger partial charge in [-0.25, -0.2) is 21.2 Å². The Kier molecular flexibility index (Phi) is 4.12. The first-order chi connectivity index (χ1) is 9.18. The molecule has 2 rings (SSSR count). The van der Waals surface area contributed by atoms with Crippen LogP contribution in [0.4, 0.5) is 4.39 Å². The normalized spacial score (nSPS) is 17.9. The van der Waals surface area contributed by atoms with E-state index in [1.54, 1.807) is 0 Å². The van der Waals surface area contributed by atoms with E-state index in [9.17, 15) is 21.2 Å². The van der Waals surface area contributed by atoms with Gasteiger partial charge in [-0.2, -0.15) is 4.31 Å². The van der Waals surface area contributed by atoms with Crippen LogP contribution in [0.15, 0.2) is 23.1 Å². The zero-order valence-corrected chi connectivity index (χ0v) is 13.0. The summed E-state index contributed by atoms with van der Waals surface area (Å²) >= 11 is 5.56. The highest BCUT2D eigenvalue weighted by molar-refractivity contribution is 7.92. The molecule has 9 heteroatoms. The Labute approximate surface area is 122 Å². The van der Waals surface area contributed by atoms with E-state index in [0.29, 0.717) is 0 Å². The summed E-state index contributed by atoms with van der Waals surface area (Å²) < 4.78 is 61.7. The molecule has 0 atom stereocenters. The van der Waals surface area contributed by atoms with Crippen molar-refractivity contribution in [3.8, 4) is 0 Å². The predicted octanol–water partition coefficient (Wildman–Crippen LogP) is 1.29. The average Bonchev–Trinajstić information content (AvgIpc) is 2.29. The Hall–Kier alpha value is -0.700. The van der Waals surface area contributed by atoms with Crippen molar-refractivity contribution in [1.29, 1.82) is 0 Å². The van der Waals surface area contributed by atoms with E-state index in [-0.39, 0.29) is 28.8 Å². The molecule has 20 heavy (non-hydrogen) atoms. The number of rotatable bonds is 4. The molecule has 1 saturated heterocycles. The molecule has 0 aliphatic carbocycles. The summed E-state index contributed by atoms with van der Waals surface area (Å²) in [6.07, 6.45) is 0. The fraction of sp³-hybridized carbons (Fsp3) is 0.455. The highest BCUT2D eigenvalue weighted by Crippen LogP contribution is 2.27. The second-order valence-corrected chi connectivity index (χ2v) is 9.39. The second-order valence-electron chi connectivity index (χ2n) is 4.47. The number of benzene rings is 1. The molecule has 1 aliphatic heterocycles. The molecule has 5 nitrogen and oxygen atoms in total. The monoisotopic (exact) mass is 341 g/mol. The minimum atomic E-state index is -3.83. The molecule has 1 fully saturated rings. The summed E-state index contributed by atoms with van der Waals surface area (Å²) in [7, 11) is -7.07. The standard InChI is InChI=1S/C11H13ClFNO4S2/c1-2-19(15,16)9-6-14(7-9)20(17,18)8-3-4-11(13)10(12)5-8/h3-5,9H,2,6-7H2,1H3. The zero-order chi connectivity index (χ0) is 15.1. The van der Waals surface area contributed by atoms with Crippen LogP contribution >= 0.6 is 11.6 Å². The molecule has 112 valence electrons. The minimum absolute atomic E-state index is 0.0199. The number of sulfonamides is 1. The number of halogens is 2. The van der Waals surface area contributed by atoms with Gasteiger partial charge in [0.05, 0.1) is 15.2 Å². The van der Waals surface area contributed by atoms with Crippen molar-refractivity contribution in [2.45, 2.75) is 17.1 Å². The number of nitrogens with zero attached hydrogens (tertiary/aromatic N) is 1. The summed E-state index contributed by atoms with van der Waals surface area (Å²) in [6, 6.07) is 3.10. The van der Waals surface area contributed by atoms with E-state index in [4.69, 9.17) is 11.6 Å². The second kappa shape index (κ2) is 5.25. The van der Waals surface area contributed by atoms with Crippen molar-refractivity contribution in [1.82, 2.24) is 4.31 Å². The molecule has 0 saturated carbocycles. The Morgan fingerprint density at radius 2 is 1.90 bits per heavy atom. The molecule has 0 amide bonds. The zero-order valence-electron chi connectivity index (χ0n) is 10.6. The molecule has 0 aromatic heterocycles. The molecule has 0 spiro atoms. The van der Waals surface area contributed by atoms with Gasteiger partial charge in [-0.3, -0.25) is 0 Å². The first kappa shape index (κ1) is 15.7. The Morgan fingerprint density at radius 3 is 2.40 bits per heavy atom. The molecule has 0 unspecified atom stereocenters. The summed E-state index contributed by atoms with van der Waals surface area (Å²) in [5, 5.41) is -0.956. The van der Waals surface area contributed by atoms with Crippen LogP contribution < -0.4 is 0 Å². The summed E-state index contributed by atoms with van der Waals surface area (Å²) in [4.78, 5) is -0.142.